The second-order valence-corrected chi connectivity index (χ2v) is 5.58. The number of thioether (sulfide) groups is 1. The first-order valence-corrected chi connectivity index (χ1v) is 7.07. The van der Waals surface area contributed by atoms with Crippen molar-refractivity contribution in [3.63, 3.8) is 0 Å². The first kappa shape index (κ1) is 17.2. The minimum atomic E-state index is -2.42. The summed E-state index contributed by atoms with van der Waals surface area (Å²) in [7, 11) is 0. The summed E-state index contributed by atoms with van der Waals surface area (Å²) in [6, 6.07) is 6.47. The number of rotatable bonds is 5. The van der Waals surface area contributed by atoms with Crippen molar-refractivity contribution in [2.75, 3.05) is 18.4 Å². The largest absolute Gasteiger partial charge is 0.326 e. The predicted molar refractivity (Wildman–Crippen MR) is 79.8 cm³/mol. The second-order valence-electron chi connectivity index (χ2n) is 4.51. The van der Waals surface area contributed by atoms with Crippen LogP contribution in [0, 0.1) is 5.92 Å². The van der Waals surface area contributed by atoms with Crippen LogP contribution in [0.15, 0.2) is 29.2 Å². The van der Waals surface area contributed by atoms with Gasteiger partial charge >= 0.3 is 0 Å². The highest BCUT2D eigenvalue weighted by atomic mass is 35.5. The topological polar surface area (TPSA) is 41.1 Å². The van der Waals surface area contributed by atoms with E-state index < -0.39 is 5.76 Å². The summed E-state index contributed by atoms with van der Waals surface area (Å²) in [5.74, 6) is -2.05. The number of hydrogen-bond donors (Lipinski definition) is 2. The molecule has 1 fully saturated rings. The highest BCUT2D eigenvalue weighted by Crippen LogP contribution is 2.26. The minimum Gasteiger partial charge on any atom is -0.326 e. The molecule has 1 atom stereocenters. The molecule has 0 spiro atoms. The van der Waals surface area contributed by atoms with Crippen LogP contribution in [-0.2, 0) is 4.79 Å². The van der Waals surface area contributed by atoms with Gasteiger partial charge in [-0.05, 0) is 49.7 Å². The molecule has 1 aliphatic heterocycles. The number of carbonyl (C=O) groups excluding carboxylic acids is 1. The Hall–Kier alpha value is -0.850. The summed E-state index contributed by atoms with van der Waals surface area (Å²) >= 11 is 0.498. The third-order valence-electron chi connectivity index (χ3n) is 3.00. The molecule has 1 heterocycles. The Morgan fingerprint density at radius 1 is 1.40 bits per heavy atom. The van der Waals surface area contributed by atoms with Gasteiger partial charge in [-0.1, -0.05) is 11.8 Å². The van der Waals surface area contributed by atoms with Crippen LogP contribution in [-0.4, -0.2) is 24.8 Å². The van der Waals surface area contributed by atoms with E-state index in [1.807, 2.05) is 0 Å². The Morgan fingerprint density at radius 2 is 2.10 bits per heavy atom. The fourth-order valence-corrected chi connectivity index (χ4v) is 2.58. The van der Waals surface area contributed by atoms with Crippen molar-refractivity contribution >= 4 is 35.8 Å². The molecule has 0 radical (unpaired) electrons. The fourth-order valence-electron chi connectivity index (χ4n) is 2.08. The van der Waals surface area contributed by atoms with Gasteiger partial charge in [0.2, 0.25) is 5.91 Å². The predicted octanol–water partition coefficient (Wildman–Crippen LogP) is 3.36. The monoisotopic (exact) mass is 322 g/mol. The van der Waals surface area contributed by atoms with E-state index in [0.717, 1.165) is 19.5 Å². The van der Waals surface area contributed by atoms with Gasteiger partial charge in [0, 0.05) is 17.0 Å². The lowest BCUT2D eigenvalue weighted by Gasteiger charge is -2.09. The van der Waals surface area contributed by atoms with Crippen LogP contribution in [0.1, 0.15) is 12.8 Å². The average molecular weight is 323 g/mol. The smallest absolute Gasteiger partial charge is 0.288 e. The van der Waals surface area contributed by atoms with Gasteiger partial charge in [0.15, 0.2) is 0 Å². The van der Waals surface area contributed by atoms with Crippen LogP contribution in [0.2, 0.25) is 0 Å². The van der Waals surface area contributed by atoms with Crippen LogP contribution in [0.5, 0.6) is 0 Å². The molecule has 2 N–H and O–H groups in total. The van der Waals surface area contributed by atoms with Crippen LogP contribution in [0.25, 0.3) is 0 Å². The van der Waals surface area contributed by atoms with Crippen LogP contribution >= 0.6 is 24.2 Å². The zero-order valence-corrected chi connectivity index (χ0v) is 12.4. The zero-order valence-electron chi connectivity index (χ0n) is 10.8. The minimum absolute atomic E-state index is 0. The van der Waals surface area contributed by atoms with E-state index in [4.69, 9.17) is 0 Å². The molecule has 1 aromatic carbocycles. The average Bonchev–Trinajstić information content (AvgIpc) is 2.83. The Kier molecular flexibility index (Phi) is 7.26. The third kappa shape index (κ3) is 5.64. The molecule has 1 unspecified atom stereocenters. The van der Waals surface area contributed by atoms with Gasteiger partial charge in [0.25, 0.3) is 5.76 Å². The van der Waals surface area contributed by atoms with E-state index in [-0.39, 0.29) is 18.3 Å². The molecule has 0 aliphatic carbocycles. The fraction of sp³-hybridized carbons (Fsp3) is 0.462. The molecule has 0 saturated carbocycles. The SMILES string of the molecule is Cl.O=C(CC1CCNC1)Nc1ccc(SC(F)F)cc1. The summed E-state index contributed by atoms with van der Waals surface area (Å²) in [5, 5.41) is 6.00. The van der Waals surface area contributed by atoms with Gasteiger partial charge in [0.1, 0.15) is 0 Å². The van der Waals surface area contributed by atoms with Gasteiger partial charge in [-0.3, -0.25) is 4.79 Å². The Labute approximate surface area is 127 Å². The molecule has 2 rings (SSSR count). The standard InChI is InChI=1S/C13H16F2N2OS.ClH/c14-13(15)19-11-3-1-10(2-4-11)17-12(18)7-9-5-6-16-8-9;/h1-4,9,13,16H,5-8H2,(H,17,18);1H. The van der Waals surface area contributed by atoms with Crippen molar-refractivity contribution in [1.29, 1.82) is 0 Å². The normalized spacial score (nSPS) is 17.9. The summed E-state index contributed by atoms with van der Waals surface area (Å²) in [5.41, 5.74) is 0.648. The van der Waals surface area contributed by atoms with Gasteiger partial charge in [-0.25, -0.2) is 0 Å². The first-order valence-electron chi connectivity index (χ1n) is 6.19. The Balaban J connectivity index is 0.00000200. The van der Waals surface area contributed by atoms with Crippen molar-refractivity contribution in [2.24, 2.45) is 5.92 Å². The molecular formula is C13H17ClF2N2OS. The van der Waals surface area contributed by atoms with Gasteiger partial charge in [-0.15, -0.1) is 12.4 Å². The molecule has 1 aliphatic rings. The van der Waals surface area contributed by atoms with E-state index in [1.165, 1.54) is 0 Å². The number of carbonyl (C=O) groups is 1. The molecule has 1 saturated heterocycles. The van der Waals surface area contributed by atoms with Crippen molar-refractivity contribution < 1.29 is 13.6 Å². The van der Waals surface area contributed by atoms with Crippen LogP contribution in [0.4, 0.5) is 14.5 Å². The van der Waals surface area contributed by atoms with Gasteiger partial charge < -0.3 is 10.6 Å². The summed E-state index contributed by atoms with van der Waals surface area (Å²) in [6.07, 6.45) is 1.53. The maximum absolute atomic E-state index is 12.1. The number of nitrogens with one attached hydrogen (secondary N) is 2. The van der Waals surface area contributed by atoms with Gasteiger partial charge in [-0.2, -0.15) is 8.78 Å². The molecule has 0 bridgehead atoms. The summed E-state index contributed by atoms with van der Waals surface area (Å²) < 4.78 is 24.3. The lowest BCUT2D eigenvalue weighted by Crippen LogP contribution is -2.18. The summed E-state index contributed by atoms with van der Waals surface area (Å²) in [6.45, 7) is 1.86. The van der Waals surface area contributed by atoms with Crippen molar-refractivity contribution in [3.8, 4) is 0 Å². The molecule has 3 nitrogen and oxygen atoms in total. The van der Waals surface area contributed by atoms with E-state index in [9.17, 15) is 13.6 Å². The number of benzene rings is 1. The quantitative estimate of drug-likeness (QED) is 0.817. The molecule has 1 aromatic rings. The third-order valence-corrected chi connectivity index (χ3v) is 3.72. The lowest BCUT2D eigenvalue weighted by molar-refractivity contribution is -0.116. The molecule has 1 amide bonds. The molecule has 20 heavy (non-hydrogen) atoms. The maximum atomic E-state index is 12.1. The Bertz CT molecular complexity index is 425. The van der Waals surface area contributed by atoms with Crippen LogP contribution in [0.3, 0.4) is 0 Å². The lowest BCUT2D eigenvalue weighted by atomic mass is 10.0. The van der Waals surface area contributed by atoms with E-state index in [0.29, 0.717) is 34.7 Å². The zero-order chi connectivity index (χ0) is 13.7. The highest BCUT2D eigenvalue weighted by molar-refractivity contribution is 7.99. The highest BCUT2D eigenvalue weighted by Gasteiger charge is 2.17. The van der Waals surface area contributed by atoms with E-state index in [1.54, 1.807) is 24.3 Å². The number of halogens is 3. The van der Waals surface area contributed by atoms with Crippen LogP contribution < -0.4 is 10.6 Å². The molecule has 112 valence electrons. The number of alkyl halides is 2. The van der Waals surface area contributed by atoms with Crippen molar-refractivity contribution in [2.45, 2.75) is 23.5 Å². The van der Waals surface area contributed by atoms with Crippen molar-refractivity contribution in [1.82, 2.24) is 5.32 Å². The van der Waals surface area contributed by atoms with E-state index >= 15 is 0 Å². The van der Waals surface area contributed by atoms with Crippen molar-refractivity contribution in [3.05, 3.63) is 24.3 Å². The number of hydrogen-bond acceptors (Lipinski definition) is 3. The Morgan fingerprint density at radius 3 is 2.65 bits per heavy atom. The number of amides is 1. The number of anilines is 1. The maximum Gasteiger partial charge on any atom is 0.288 e. The molecule has 7 heteroatoms. The molecule has 0 aromatic heterocycles. The first-order chi connectivity index (χ1) is 9.13. The summed E-state index contributed by atoms with van der Waals surface area (Å²) in [4.78, 5) is 12.3. The van der Waals surface area contributed by atoms with Gasteiger partial charge in [0.05, 0.1) is 0 Å². The van der Waals surface area contributed by atoms with E-state index in [2.05, 4.69) is 10.6 Å². The second kappa shape index (κ2) is 8.44. The molecular weight excluding hydrogens is 306 g/mol.